The lowest BCUT2D eigenvalue weighted by Crippen LogP contribution is -2.40. The summed E-state index contributed by atoms with van der Waals surface area (Å²) in [5.41, 5.74) is 5.48. The van der Waals surface area contributed by atoms with E-state index in [0.717, 1.165) is 77.0 Å². The SMILES string of the molecule is CCCCCC/C=C\CCCCCCCC(=O)OC(CCC/C=C\CCCCCCCC)CCCCCCCC(=O)NC(CCCN)C(=O)O. The minimum absolute atomic E-state index is 0.0181. The van der Waals surface area contributed by atoms with Crippen LogP contribution in [0.25, 0.3) is 0 Å². The van der Waals surface area contributed by atoms with Crippen LogP contribution in [0.1, 0.15) is 213 Å². The third-order valence-electron chi connectivity index (χ3n) is 9.49. The second kappa shape index (κ2) is 38.1. The summed E-state index contributed by atoms with van der Waals surface area (Å²) in [7, 11) is 0. The molecule has 4 N–H and O–H groups in total. The van der Waals surface area contributed by atoms with Crippen LogP contribution < -0.4 is 11.1 Å². The second-order valence-electron chi connectivity index (χ2n) is 14.4. The van der Waals surface area contributed by atoms with E-state index in [1.165, 1.54) is 96.3 Å². The summed E-state index contributed by atoms with van der Waals surface area (Å²) in [6.07, 6.45) is 42.2. The maximum Gasteiger partial charge on any atom is 0.326 e. The van der Waals surface area contributed by atoms with Gasteiger partial charge in [-0.15, -0.1) is 0 Å². The number of hydrogen-bond acceptors (Lipinski definition) is 5. The average molecular weight is 705 g/mol. The highest BCUT2D eigenvalue weighted by Gasteiger charge is 2.19. The molecule has 7 heteroatoms. The second-order valence-corrected chi connectivity index (χ2v) is 14.4. The van der Waals surface area contributed by atoms with Crippen LogP contribution in [-0.4, -0.2) is 41.6 Å². The van der Waals surface area contributed by atoms with Crippen LogP contribution in [0.3, 0.4) is 0 Å². The number of nitrogens with two attached hydrogens (primary N) is 1. The summed E-state index contributed by atoms with van der Waals surface area (Å²) in [5, 5.41) is 11.9. The Morgan fingerprint density at radius 2 is 1.00 bits per heavy atom. The zero-order valence-electron chi connectivity index (χ0n) is 32.7. The van der Waals surface area contributed by atoms with Crippen molar-refractivity contribution in [3.63, 3.8) is 0 Å². The zero-order valence-corrected chi connectivity index (χ0v) is 32.7. The van der Waals surface area contributed by atoms with Crippen LogP contribution in [0.2, 0.25) is 0 Å². The molecule has 0 aromatic carbocycles. The first kappa shape index (κ1) is 47.8. The molecule has 0 fully saturated rings. The minimum atomic E-state index is -1.01. The van der Waals surface area contributed by atoms with Crippen molar-refractivity contribution in [3.8, 4) is 0 Å². The highest BCUT2D eigenvalue weighted by molar-refractivity contribution is 5.83. The normalized spacial score (nSPS) is 12.9. The highest BCUT2D eigenvalue weighted by atomic mass is 16.5. The number of esters is 1. The van der Waals surface area contributed by atoms with E-state index in [1.807, 2.05) is 0 Å². The van der Waals surface area contributed by atoms with E-state index in [-0.39, 0.29) is 18.0 Å². The van der Waals surface area contributed by atoms with E-state index in [2.05, 4.69) is 43.5 Å². The van der Waals surface area contributed by atoms with Gasteiger partial charge in [0, 0.05) is 12.8 Å². The summed E-state index contributed by atoms with van der Waals surface area (Å²) >= 11 is 0. The van der Waals surface area contributed by atoms with Gasteiger partial charge in [0.25, 0.3) is 0 Å². The Balaban J connectivity index is 4.36. The first-order chi connectivity index (χ1) is 24.4. The number of rotatable bonds is 38. The Labute approximate surface area is 308 Å². The summed E-state index contributed by atoms with van der Waals surface area (Å²) in [6, 6.07) is -0.858. The Kier molecular flexibility index (Phi) is 36.5. The van der Waals surface area contributed by atoms with Crippen LogP contribution in [-0.2, 0) is 19.1 Å². The zero-order chi connectivity index (χ0) is 36.8. The number of nitrogens with one attached hydrogen (secondary N) is 1. The molecule has 0 bridgehead atoms. The Morgan fingerprint density at radius 1 is 0.560 bits per heavy atom. The third kappa shape index (κ3) is 34.3. The molecule has 0 aliphatic rings. The molecule has 0 radical (unpaired) electrons. The fourth-order valence-corrected chi connectivity index (χ4v) is 6.27. The number of hydrogen-bond donors (Lipinski definition) is 3. The Bertz CT molecular complexity index is 843. The lowest BCUT2D eigenvalue weighted by Gasteiger charge is -2.18. The third-order valence-corrected chi connectivity index (χ3v) is 9.49. The van der Waals surface area contributed by atoms with Crippen molar-refractivity contribution in [2.75, 3.05) is 6.54 Å². The van der Waals surface area contributed by atoms with Gasteiger partial charge in [0.1, 0.15) is 12.1 Å². The number of allylic oxidation sites excluding steroid dienone is 4. The number of ether oxygens (including phenoxy) is 1. The predicted octanol–water partition coefficient (Wildman–Crippen LogP) is 11.7. The van der Waals surface area contributed by atoms with Gasteiger partial charge in [-0.25, -0.2) is 4.79 Å². The molecule has 0 rings (SSSR count). The summed E-state index contributed by atoms with van der Waals surface area (Å²) in [5.74, 6) is -1.26. The largest absolute Gasteiger partial charge is 0.480 e. The molecule has 0 aromatic heterocycles. The average Bonchev–Trinajstić information content (AvgIpc) is 3.10. The van der Waals surface area contributed by atoms with Gasteiger partial charge in [0.2, 0.25) is 5.91 Å². The van der Waals surface area contributed by atoms with Crippen molar-refractivity contribution < 1.29 is 24.2 Å². The first-order valence-electron chi connectivity index (χ1n) is 21.2. The van der Waals surface area contributed by atoms with Crippen LogP contribution in [0.15, 0.2) is 24.3 Å². The van der Waals surface area contributed by atoms with Gasteiger partial charge >= 0.3 is 11.9 Å². The number of carboxylic acids is 1. The number of amides is 1. The van der Waals surface area contributed by atoms with Crippen molar-refractivity contribution in [1.29, 1.82) is 0 Å². The van der Waals surface area contributed by atoms with Gasteiger partial charge < -0.3 is 20.9 Å². The topological polar surface area (TPSA) is 119 Å². The number of carboxylic acid groups (broad SMARTS) is 1. The Morgan fingerprint density at radius 3 is 1.54 bits per heavy atom. The molecule has 0 heterocycles. The fourth-order valence-electron chi connectivity index (χ4n) is 6.27. The van der Waals surface area contributed by atoms with Crippen molar-refractivity contribution >= 4 is 17.8 Å². The smallest absolute Gasteiger partial charge is 0.326 e. The van der Waals surface area contributed by atoms with Crippen LogP contribution in [0, 0.1) is 0 Å². The molecule has 292 valence electrons. The van der Waals surface area contributed by atoms with Gasteiger partial charge in [-0.2, -0.15) is 0 Å². The van der Waals surface area contributed by atoms with Crippen molar-refractivity contribution in [2.45, 2.75) is 225 Å². The van der Waals surface area contributed by atoms with Gasteiger partial charge in [-0.05, 0) is 103 Å². The lowest BCUT2D eigenvalue weighted by atomic mass is 10.0. The molecule has 50 heavy (non-hydrogen) atoms. The quantitative estimate of drug-likeness (QED) is 0.0334. The molecule has 0 saturated heterocycles. The van der Waals surface area contributed by atoms with E-state index in [4.69, 9.17) is 10.5 Å². The van der Waals surface area contributed by atoms with Gasteiger partial charge in [-0.1, -0.05) is 128 Å². The predicted molar refractivity (Wildman–Crippen MR) is 211 cm³/mol. The summed E-state index contributed by atoms with van der Waals surface area (Å²) < 4.78 is 6.01. The molecule has 2 atom stereocenters. The van der Waals surface area contributed by atoms with E-state index in [1.54, 1.807) is 0 Å². The molecule has 0 aromatic rings. The van der Waals surface area contributed by atoms with Gasteiger partial charge in [0.15, 0.2) is 0 Å². The standard InChI is InChI=1S/C43H80N2O5/c1-3-5-7-9-11-13-15-16-18-20-22-27-31-37-42(47)50-39(33-28-24-21-19-17-14-12-10-8-6-4-2)34-29-25-23-26-30-36-41(46)45-40(43(48)49)35-32-38-44/h13,15,19,21,39-40H,3-12,14,16-18,20,22-38,44H2,1-2H3,(H,45,46)(H,48,49)/b15-13-,21-19-. The van der Waals surface area contributed by atoms with Crippen molar-refractivity contribution in [3.05, 3.63) is 24.3 Å². The molecule has 2 unspecified atom stereocenters. The van der Waals surface area contributed by atoms with Crippen molar-refractivity contribution in [1.82, 2.24) is 5.32 Å². The number of aliphatic carboxylic acids is 1. The lowest BCUT2D eigenvalue weighted by molar-refractivity contribution is -0.150. The molecular formula is C43H80N2O5. The van der Waals surface area contributed by atoms with E-state index >= 15 is 0 Å². The van der Waals surface area contributed by atoms with E-state index in [0.29, 0.717) is 32.2 Å². The summed E-state index contributed by atoms with van der Waals surface area (Å²) in [4.78, 5) is 36.3. The molecule has 1 amide bonds. The molecule has 0 aliphatic heterocycles. The monoisotopic (exact) mass is 705 g/mol. The van der Waals surface area contributed by atoms with Gasteiger partial charge in [-0.3, -0.25) is 9.59 Å². The highest BCUT2D eigenvalue weighted by Crippen LogP contribution is 2.18. The molecular weight excluding hydrogens is 624 g/mol. The number of unbranched alkanes of at least 4 members (excludes halogenated alkanes) is 20. The molecule has 0 saturated carbocycles. The van der Waals surface area contributed by atoms with Crippen molar-refractivity contribution in [2.24, 2.45) is 5.73 Å². The number of carbonyl (C=O) groups is 3. The maximum atomic E-state index is 12.7. The van der Waals surface area contributed by atoms with Gasteiger partial charge in [0.05, 0.1) is 0 Å². The van der Waals surface area contributed by atoms with E-state index < -0.39 is 12.0 Å². The Hall–Kier alpha value is -2.15. The van der Waals surface area contributed by atoms with E-state index in [9.17, 15) is 19.5 Å². The fraction of sp³-hybridized carbons (Fsp3) is 0.837. The minimum Gasteiger partial charge on any atom is -0.480 e. The number of carbonyl (C=O) groups excluding carboxylic acids is 2. The molecule has 0 spiro atoms. The maximum absolute atomic E-state index is 12.7. The molecule has 0 aliphatic carbocycles. The first-order valence-corrected chi connectivity index (χ1v) is 21.2. The summed E-state index contributed by atoms with van der Waals surface area (Å²) in [6.45, 7) is 4.92. The van der Waals surface area contributed by atoms with Crippen LogP contribution in [0.5, 0.6) is 0 Å². The van der Waals surface area contributed by atoms with Crippen LogP contribution >= 0.6 is 0 Å². The molecule has 7 nitrogen and oxygen atoms in total. The van der Waals surface area contributed by atoms with Crippen LogP contribution in [0.4, 0.5) is 0 Å².